The van der Waals surface area contributed by atoms with Crippen LogP contribution in [-0.4, -0.2) is 87.1 Å². The first-order valence-corrected chi connectivity index (χ1v) is 20.1. The Labute approximate surface area is 301 Å². The summed E-state index contributed by atoms with van der Waals surface area (Å²) in [7, 11) is -3.99. The normalized spacial score (nSPS) is 35.3. The minimum absolute atomic E-state index is 0.0755. The third-order valence-electron chi connectivity index (χ3n) is 11.8. The molecular formula is C38H52ClN3O7S. The van der Waals surface area contributed by atoms with Crippen LogP contribution in [0.1, 0.15) is 76.1 Å². The second kappa shape index (κ2) is 15.4. The van der Waals surface area contributed by atoms with E-state index in [4.69, 9.17) is 21.1 Å². The number of allylic oxidation sites excluding steroid dienone is 4. The maximum absolute atomic E-state index is 13.5. The number of anilines is 1. The van der Waals surface area contributed by atoms with Crippen LogP contribution in [-0.2, 0) is 19.6 Å². The van der Waals surface area contributed by atoms with Crippen LogP contribution in [0, 0.1) is 29.1 Å². The molecule has 0 radical (unpaired) electrons. The molecule has 2 fully saturated rings. The van der Waals surface area contributed by atoms with Gasteiger partial charge in [-0.25, -0.2) is 13.1 Å². The molecule has 2 N–H and O–H groups in total. The van der Waals surface area contributed by atoms with E-state index in [-0.39, 0.29) is 53.3 Å². The summed E-state index contributed by atoms with van der Waals surface area (Å²) in [5, 5.41) is 9.86. The highest BCUT2D eigenvalue weighted by molar-refractivity contribution is 7.90. The number of carbonyl (C=O) groups is 2. The number of β-amino-alcohol motifs (C(OH)–C–C–N with tert-alkyl or cyclic N) is 1. The Morgan fingerprint density at radius 3 is 2.70 bits per heavy atom. The van der Waals surface area contributed by atoms with Crippen LogP contribution in [0.15, 0.2) is 53.6 Å². The lowest BCUT2D eigenvalue weighted by Gasteiger charge is -2.44. The van der Waals surface area contributed by atoms with Gasteiger partial charge in [-0.1, -0.05) is 56.2 Å². The third-order valence-corrected chi connectivity index (χ3v) is 13.9. The SMILES string of the molecule is C[C@@H]1[C@@H](C)C/C=C/[C@H](OCC(=O)N2CC[C@@H](O)C2)[C@@H]2CC[C@H]2CN2CCCCC3C=C(Cl)C=CC3(C)COc3ccc(cc32)C(=O)NS1(=O)=O. The molecule has 1 saturated heterocycles. The number of ether oxygens (including phenoxy) is 2. The molecule has 3 aliphatic heterocycles. The fourth-order valence-corrected chi connectivity index (χ4v) is 9.43. The van der Waals surface area contributed by atoms with Crippen LogP contribution >= 0.6 is 11.6 Å². The van der Waals surface area contributed by atoms with Gasteiger partial charge in [0.15, 0.2) is 0 Å². The highest BCUT2D eigenvalue weighted by Gasteiger charge is 2.40. The summed E-state index contributed by atoms with van der Waals surface area (Å²) in [5.74, 6) is 0.208. The van der Waals surface area contributed by atoms with Crippen LogP contribution in [0.25, 0.3) is 0 Å². The monoisotopic (exact) mass is 729 g/mol. The first-order chi connectivity index (χ1) is 23.8. The number of rotatable bonds is 3. The highest BCUT2D eigenvalue weighted by atomic mass is 35.5. The maximum Gasteiger partial charge on any atom is 0.264 e. The zero-order valence-electron chi connectivity index (χ0n) is 29.4. The number of halogens is 1. The molecule has 1 aromatic rings. The van der Waals surface area contributed by atoms with Crippen molar-refractivity contribution in [3.63, 3.8) is 0 Å². The lowest BCUT2D eigenvalue weighted by Crippen LogP contribution is -2.45. The molecule has 2 bridgehead atoms. The van der Waals surface area contributed by atoms with Crippen LogP contribution in [0.2, 0.25) is 0 Å². The zero-order valence-corrected chi connectivity index (χ0v) is 31.0. The zero-order chi connectivity index (χ0) is 35.6. The molecule has 8 atom stereocenters. The molecule has 6 rings (SSSR count). The van der Waals surface area contributed by atoms with Crippen LogP contribution in [0.4, 0.5) is 5.69 Å². The van der Waals surface area contributed by atoms with Crippen molar-refractivity contribution in [1.82, 2.24) is 9.62 Å². The molecule has 5 aliphatic rings. The Morgan fingerprint density at radius 1 is 1.14 bits per heavy atom. The van der Waals surface area contributed by atoms with E-state index in [0.717, 1.165) is 49.4 Å². The standard InChI is InChI=1S/C38H52ClN3O7S/c1-25-7-6-9-34(48-23-36(44)42-18-15-31(43)22-42)32-12-10-28(32)21-41-17-5-4-8-29-20-30(39)14-16-38(29,3)24-49-35-13-11-27(19-33(35)41)37(45)40-50(46,47)26(25)2/h6,9,11,13-14,16,19-20,25-26,28-29,31-32,34,43H,4-5,7-8,10,12,15,17-18,21-24H2,1-3H3,(H,40,45)/b9-6+/t25-,26+,28-,29?,31+,32+,34-,38?/m0/s1. The Balaban J connectivity index is 1.33. The molecule has 2 unspecified atom stereocenters. The summed E-state index contributed by atoms with van der Waals surface area (Å²) < 4.78 is 42.2. The van der Waals surface area contributed by atoms with Crippen molar-refractivity contribution in [2.75, 3.05) is 44.3 Å². The topological polar surface area (TPSA) is 125 Å². The fourth-order valence-electron chi connectivity index (χ4n) is 7.93. The van der Waals surface area contributed by atoms with Crippen LogP contribution in [0.3, 0.4) is 0 Å². The molecule has 274 valence electrons. The lowest BCUT2D eigenvalue weighted by atomic mass is 9.70. The summed E-state index contributed by atoms with van der Waals surface area (Å²) in [6.45, 7) is 8.28. The van der Waals surface area contributed by atoms with E-state index in [1.165, 1.54) is 0 Å². The maximum atomic E-state index is 13.5. The third kappa shape index (κ3) is 8.27. The van der Waals surface area contributed by atoms with Crippen molar-refractivity contribution in [2.45, 2.75) is 83.2 Å². The molecule has 10 nitrogen and oxygen atoms in total. The van der Waals surface area contributed by atoms with Crippen molar-refractivity contribution < 1.29 is 32.6 Å². The molecule has 0 spiro atoms. The number of likely N-dealkylation sites (tertiary alicyclic amines) is 1. The number of amides is 2. The summed E-state index contributed by atoms with van der Waals surface area (Å²) in [5.41, 5.74) is 0.757. The van der Waals surface area contributed by atoms with E-state index < -0.39 is 27.3 Å². The van der Waals surface area contributed by atoms with Gasteiger partial charge in [-0.2, -0.15) is 0 Å². The molecule has 1 aromatic carbocycles. The largest absolute Gasteiger partial charge is 0.490 e. The number of sulfonamides is 1. The molecule has 2 aliphatic carbocycles. The number of hydrogen-bond acceptors (Lipinski definition) is 8. The van der Waals surface area contributed by atoms with Gasteiger partial charge in [0.1, 0.15) is 12.4 Å². The van der Waals surface area contributed by atoms with E-state index in [1.54, 1.807) is 30.0 Å². The Kier molecular flexibility index (Phi) is 11.4. The van der Waals surface area contributed by atoms with Gasteiger partial charge in [-0.3, -0.25) is 9.59 Å². The number of benzene rings is 1. The van der Waals surface area contributed by atoms with Crippen molar-refractivity contribution >= 4 is 39.1 Å². The molecule has 12 heteroatoms. The van der Waals surface area contributed by atoms with Gasteiger partial charge in [-0.05, 0) is 93.4 Å². The molecule has 2 amide bonds. The van der Waals surface area contributed by atoms with Crippen LogP contribution in [0.5, 0.6) is 5.75 Å². The van der Waals surface area contributed by atoms with Crippen molar-refractivity contribution in [3.8, 4) is 5.75 Å². The van der Waals surface area contributed by atoms with Crippen molar-refractivity contribution in [1.29, 1.82) is 0 Å². The van der Waals surface area contributed by atoms with E-state index in [2.05, 4.69) is 28.7 Å². The van der Waals surface area contributed by atoms with Gasteiger partial charge in [0, 0.05) is 42.2 Å². The van der Waals surface area contributed by atoms with Gasteiger partial charge >= 0.3 is 0 Å². The minimum atomic E-state index is -3.99. The first-order valence-electron chi connectivity index (χ1n) is 18.2. The predicted octanol–water partition coefficient (Wildman–Crippen LogP) is 5.42. The van der Waals surface area contributed by atoms with Gasteiger partial charge in [0.2, 0.25) is 15.9 Å². The van der Waals surface area contributed by atoms with Gasteiger partial charge in [0.25, 0.3) is 5.91 Å². The number of nitrogens with zero attached hydrogens (tertiary/aromatic N) is 2. The number of aliphatic hydroxyl groups is 1. The number of aliphatic hydroxyl groups excluding tert-OH is 1. The van der Waals surface area contributed by atoms with E-state index in [9.17, 15) is 23.1 Å². The smallest absolute Gasteiger partial charge is 0.264 e. The van der Waals surface area contributed by atoms with Crippen LogP contribution < -0.4 is 14.4 Å². The quantitative estimate of drug-likeness (QED) is 0.396. The van der Waals surface area contributed by atoms with Gasteiger partial charge in [0.05, 0.1) is 29.8 Å². The predicted molar refractivity (Wildman–Crippen MR) is 195 cm³/mol. The number of carbonyl (C=O) groups excluding carboxylic acids is 2. The molecule has 1 saturated carbocycles. The molecule has 0 aromatic heterocycles. The fraction of sp³-hybridized carbons (Fsp3) is 0.632. The average molecular weight is 730 g/mol. The summed E-state index contributed by atoms with van der Waals surface area (Å²) in [6.07, 6.45) is 15.2. The molecule has 50 heavy (non-hydrogen) atoms. The summed E-state index contributed by atoms with van der Waals surface area (Å²) >= 11 is 6.44. The van der Waals surface area contributed by atoms with E-state index in [1.807, 2.05) is 25.2 Å². The Morgan fingerprint density at radius 2 is 1.96 bits per heavy atom. The summed E-state index contributed by atoms with van der Waals surface area (Å²) in [4.78, 5) is 30.5. The van der Waals surface area contributed by atoms with Gasteiger partial charge < -0.3 is 24.4 Å². The second-order valence-corrected chi connectivity index (χ2v) is 17.8. The van der Waals surface area contributed by atoms with E-state index >= 15 is 0 Å². The number of fused-ring (bicyclic) bond motifs is 3. The number of hydrogen-bond donors (Lipinski definition) is 2. The van der Waals surface area contributed by atoms with Crippen molar-refractivity contribution in [3.05, 3.63) is 59.2 Å². The lowest BCUT2D eigenvalue weighted by molar-refractivity contribution is -0.138. The van der Waals surface area contributed by atoms with E-state index in [0.29, 0.717) is 44.8 Å². The number of nitrogens with one attached hydrogen (secondary N) is 1. The first kappa shape index (κ1) is 36.9. The minimum Gasteiger partial charge on any atom is -0.490 e. The van der Waals surface area contributed by atoms with Gasteiger partial charge in [-0.15, -0.1) is 0 Å². The highest BCUT2D eigenvalue weighted by Crippen LogP contribution is 2.44. The van der Waals surface area contributed by atoms with Crippen molar-refractivity contribution in [2.24, 2.45) is 29.1 Å². The molecular weight excluding hydrogens is 678 g/mol. The average Bonchev–Trinajstić information content (AvgIpc) is 3.50. The Hall–Kier alpha value is -2.86. The Bertz CT molecular complexity index is 1630. The second-order valence-electron chi connectivity index (χ2n) is 15.3. The summed E-state index contributed by atoms with van der Waals surface area (Å²) in [6, 6.07) is 5.20. The molecule has 3 heterocycles.